The van der Waals surface area contributed by atoms with Gasteiger partial charge in [-0.3, -0.25) is 4.79 Å². The normalized spacial score (nSPS) is 17.6. The summed E-state index contributed by atoms with van der Waals surface area (Å²) >= 11 is 2.60. The highest BCUT2D eigenvalue weighted by Gasteiger charge is 2.44. The van der Waals surface area contributed by atoms with Crippen LogP contribution in [0.5, 0.6) is 0 Å². The molecule has 5 nitrogen and oxygen atoms in total. The van der Waals surface area contributed by atoms with Gasteiger partial charge in [0.05, 0.1) is 3.42 Å². The number of aliphatic hydroxyl groups is 2. The second-order valence-corrected chi connectivity index (χ2v) is 17.7. The van der Waals surface area contributed by atoms with Crippen LogP contribution in [0.15, 0.2) is 90.1 Å². The Hall–Kier alpha value is -3.33. The molecule has 2 aliphatic carbocycles. The first-order valence-electron chi connectivity index (χ1n) is 21.0. The minimum atomic E-state index is -1.36. The van der Waals surface area contributed by atoms with Crippen molar-refractivity contribution in [1.82, 2.24) is 0 Å². The number of halogens is 1. The zero-order valence-corrected chi connectivity index (χ0v) is 35.5. The van der Waals surface area contributed by atoms with Gasteiger partial charge in [0.1, 0.15) is 6.10 Å². The van der Waals surface area contributed by atoms with Crippen molar-refractivity contribution in [2.75, 3.05) is 0 Å². The molecule has 0 aliphatic heterocycles. The van der Waals surface area contributed by atoms with Crippen LogP contribution in [-0.4, -0.2) is 28.0 Å². The van der Waals surface area contributed by atoms with E-state index < -0.39 is 18.2 Å². The minimum Gasteiger partial charge on any atom is -0.382 e. The quantitative estimate of drug-likeness (QED) is 0.0166. The van der Waals surface area contributed by atoms with Gasteiger partial charge in [0.15, 0.2) is 5.71 Å². The maximum Gasteiger partial charge on any atom is 0.221 e. The monoisotopic (exact) mass is 853 g/mol. The van der Waals surface area contributed by atoms with Gasteiger partial charge in [-0.25, -0.2) is 0 Å². The third kappa shape index (κ3) is 8.52. The summed E-state index contributed by atoms with van der Waals surface area (Å²) in [6.45, 7) is 8.19. The largest absolute Gasteiger partial charge is 0.382 e. The third-order valence-corrected chi connectivity index (χ3v) is 13.7. The standard InChI is InChI=1S/C49H60INO4/c1-5-8-11-18-29-48(30-19-12-9-6-2)41-23-16-14-21-37(41)39-27-25-35(32-43(39)48)46(53)45(51-55-34(4)52)47(54)36-26-28-40-38-22-15-17-24-42(38)49(50,44(40)33-36)31-20-13-10-7-3/h14-17,21-28,32-34,46,52-53H,5-13,18-20,29-31H2,1-4H3/b51-45+. The number of carbonyl (C=O) groups excluding carboxylic acids is 1. The van der Waals surface area contributed by atoms with Crippen LogP contribution in [0.4, 0.5) is 0 Å². The van der Waals surface area contributed by atoms with Crippen LogP contribution in [-0.2, 0) is 13.7 Å². The summed E-state index contributed by atoms with van der Waals surface area (Å²) in [5, 5.41) is 26.6. The molecule has 0 aromatic heterocycles. The average Bonchev–Trinajstić information content (AvgIpc) is 3.62. The van der Waals surface area contributed by atoms with Crippen molar-refractivity contribution in [1.29, 1.82) is 0 Å². The zero-order chi connectivity index (χ0) is 39.0. The van der Waals surface area contributed by atoms with Crippen LogP contribution in [0.1, 0.15) is 168 Å². The van der Waals surface area contributed by atoms with Crippen molar-refractivity contribution < 1.29 is 19.8 Å². The van der Waals surface area contributed by atoms with Crippen LogP contribution in [0, 0.1) is 0 Å². The van der Waals surface area contributed by atoms with E-state index in [4.69, 9.17) is 4.84 Å². The number of oxime groups is 1. The van der Waals surface area contributed by atoms with Gasteiger partial charge in [-0.15, -0.1) is 0 Å². The molecule has 0 spiro atoms. The lowest BCUT2D eigenvalue weighted by atomic mass is 9.70. The number of unbranched alkanes of at least 4 members (excludes halogenated alkanes) is 9. The Labute approximate surface area is 343 Å². The van der Waals surface area contributed by atoms with Crippen LogP contribution in [0.25, 0.3) is 22.3 Å². The maximum atomic E-state index is 14.6. The van der Waals surface area contributed by atoms with E-state index in [1.165, 1.54) is 98.1 Å². The fourth-order valence-corrected chi connectivity index (χ4v) is 10.5. The second-order valence-electron chi connectivity index (χ2n) is 15.9. The summed E-state index contributed by atoms with van der Waals surface area (Å²) in [5.41, 5.74) is 10.6. The molecule has 0 fully saturated rings. The highest BCUT2D eigenvalue weighted by atomic mass is 127. The third-order valence-electron chi connectivity index (χ3n) is 12.0. The molecule has 0 saturated carbocycles. The molecule has 4 aromatic carbocycles. The number of hydrogen-bond donors (Lipinski definition) is 2. The van der Waals surface area contributed by atoms with E-state index in [1.54, 1.807) is 0 Å². The molecule has 55 heavy (non-hydrogen) atoms. The molecule has 2 aliphatic rings. The molecule has 0 radical (unpaired) electrons. The van der Waals surface area contributed by atoms with Crippen molar-refractivity contribution in [2.24, 2.45) is 5.16 Å². The Morgan fingerprint density at radius 1 is 0.636 bits per heavy atom. The van der Waals surface area contributed by atoms with Crippen molar-refractivity contribution in [2.45, 2.75) is 145 Å². The van der Waals surface area contributed by atoms with Gasteiger partial charge >= 0.3 is 0 Å². The van der Waals surface area contributed by atoms with E-state index in [0.717, 1.165) is 49.7 Å². The molecule has 3 unspecified atom stereocenters. The maximum absolute atomic E-state index is 14.6. The Bertz CT molecular complexity index is 1950. The van der Waals surface area contributed by atoms with Crippen molar-refractivity contribution >= 4 is 34.1 Å². The summed E-state index contributed by atoms with van der Waals surface area (Å²) in [4.78, 5) is 20.0. The van der Waals surface area contributed by atoms with E-state index in [0.29, 0.717) is 11.1 Å². The van der Waals surface area contributed by atoms with Gasteiger partial charge in [-0.1, -0.05) is 204 Å². The van der Waals surface area contributed by atoms with E-state index in [9.17, 15) is 15.0 Å². The topological polar surface area (TPSA) is 79.1 Å². The molecule has 0 bridgehead atoms. The van der Waals surface area contributed by atoms with E-state index in [1.807, 2.05) is 24.3 Å². The molecule has 6 rings (SSSR count). The molecular weight excluding hydrogens is 793 g/mol. The van der Waals surface area contributed by atoms with Gasteiger partial charge < -0.3 is 15.1 Å². The number of ketones is 1. The van der Waals surface area contributed by atoms with Crippen molar-refractivity contribution in [3.63, 3.8) is 0 Å². The Morgan fingerprint density at radius 3 is 1.78 bits per heavy atom. The Kier molecular flexibility index (Phi) is 14.1. The Morgan fingerprint density at radius 2 is 1.16 bits per heavy atom. The van der Waals surface area contributed by atoms with Gasteiger partial charge in [0.25, 0.3) is 0 Å². The predicted molar refractivity (Wildman–Crippen MR) is 235 cm³/mol. The van der Waals surface area contributed by atoms with E-state index in [2.05, 4.69) is 109 Å². The Balaban J connectivity index is 1.38. The van der Waals surface area contributed by atoms with Crippen LogP contribution in [0.2, 0.25) is 0 Å². The lowest BCUT2D eigenvalue weighted by Gasteiger charge is -2.33. The number of fused-ring (bicyclic) bond motifs is 6. The number of alkyl halides is 1. The molecule has 0 amide bonds. The lowest BCUT2D eigenvalue weighted by Crippen LogP contribution is -2.27. The summed E-state index contributed by atoms with van der Waals surface area (Å²) in [7, 11) is 0. The number of nitrogens with zero attached hydrogens (tertiary/aromatic N) is 1. The SMILES string of the molecule is CCCCCCC1(I)c2ccccc2-c2ccc(C(=O)/C(=N/OC(C)O)C(O)c3ccc4c(c3)C(CCCCCC)(CCCCCC)c3ccccc3-4)cc21. The minimum absolute atomic E-state index is 0.134. The highest BCUT2D eigenvalue weighted by Crippen LogP contribution is 2.57. The summed E-state index contributed by atoms with van der Waals surface area (Å²) in [6.07, 6.45) is 14.6. The molecule has 0 saturated heterocycles. The molecule has 3 atom stereocenters. The number of Topliss-reactive ketones (excluding diaryl/α,β-unsaturated/α-hetero) is 1. The number of hydrogen-bond acceptors (Lipinski definition) is 5. The first kappa shape index (κ1) is 41.3. The fraction of sp³-hybridized carbons (Fsp3) is 0.469. The first-order chi connectivity index (χ1) is 26.7. The molecule has 2 N–H and O–H groups in total. The fourth-order valence-electron chi connectivity index (χ4n) is 9.19. The average molecular weight is 854 g/mol. The highest BCUT2D eigenvalue weighted by molar-refractivity contribution is 14.1. The van der Waals surface area contributed by atoms with Crippen LogP contribution >= 0.6 is 22.6 Å². The van der Waals surface area contributed by atoms with E-state index >= 15 is 0 Å². The number of benzene rings is 4. The summed E-state index contributed by atoms with van der Waals surface area (Å²) in [5.74, 6) is -0.411. The molecule has 4 aromatic rings. The van der Waals surface area contributed by atoms with Gasteiger partial charge in [0.2, 0.25) is 12.1 Å². The van der Waals surface area contributed by atoms with Gasteiger partial charge in [0, 0.05) is 17.9 Å². The zero-order valence-electron chi connectivity index (χ0n) is 33.4. The number of aliphatic hydroxyl groups excluding tert-OH is 2. The molecule has 292 valence electrons. The molecule has 6 heteroatoms. The van der Waals surface area contributed by atoms with Crippen LogP contribution in [0.3, 0.4) is 0 Å². The first-order valence-corrected chi connectivity index (χ1v) is 22.1. The van der Waals surface area contributed by atoms with Crippen molar-refractivity contribution in [3.05, 3.63) is 118 Å². The van der Waals surface area contributed by atoms with Crippen molar-refractivity contribution in [3.8, 4) is 22.3 Å². The predicted octanol–water partition coefficient (Wildman–Crippen LogP) is 13.2. The molecular formula is C49H60INO4. The summed E-state index contributed by atoms with van der Waals surface area (Å²) in [6, 6.07) is 29.5. The second kappa shape index (κ2) is 18.7. The summed E-state index contributed by atoms with van der Waals surface area (Å²) < 4.78 is -0.271. The van der Waals surface area contributed by atoms with Crippen LogP contribution < -0.4 is 0 Å². The number of carbonyl (C=O) groups is 1. The van der Waals surface area contributed by atoms with E-state index in [-0.39, 0.29) is 14.5 Å². The van der Waals surface area contributed by atoms with Gasteiger partial charge in [-0.2, -0.15) is 0 Å². The smallest absolute Gasteiger partial charge is 0.221 e. The number of rotatable bonds is 21. The molecule has 0 heterocycles. The lowest BCUT2D eigenvalue weighted by molar-refractivity contribution is -0.0844. The van der Waals surface area contributed by atoms with Gasteiger partial charge in [-0.05, 0) is 75.4 Å².